The molecule has 0 aromatic rings. The van der Waals surface area contributed by atoms with Crippen molar-refractivity contribution in [1.29, 1.82) is 0 Å². The average Bonchev–Trinajstić information content (AvgIpc) is 0.865. The van der Waals surface area contributed by atoms with Crippen molar-refractivity contribution in [3.8, 4) is 0 Å². The van der Waals surface area contributed by atoms with E-state index in [4.69, 9.17) is 33.2 Å². The smallest absolute Gasteiger partial charge is 0.321 e. The molecule has 596 valence electrons. The fourth-order valence-electron chi connectivity index (χ4n) is 12.1. The van der Waals surface area contributed by atoms with Gasteiger partial charge in [-0.1, -0.05) is 252 Å². The number of carbonyl (C=O) groups excluding carboxylic acids is 4. The lowest BCUT2D eigenvalue weighted by Crippen LogP contribution is -2.50. The topological polar surface area (TPSA) is 341 Å². The quantitative estimate of drug-likeness (QED) is 0.0187. The molecule has 0 aromatic heterocycles. The second kappa shape index (κ2) is 70.3. The Labute approximate surface area is 613 Å². The minimum atomic E-state index is -1.61. The second-order valence-electron chi connectivity index (χ2n) is 27.8. The number of carboxylic acids is 5. The molecule has 0 aliphatic carbocycles. The van der Waals surface area contributed by atoms with Gasteiger partial charge in [0.05, 0.1) is 77.7 Å². The Balaban J connectivity index is 5.66. The average molecular weight is 1460 g/mol. The van der Waals surface area contributed by atoms with Crippen LogP contribution < -0.4 is 5.32 Å². The first kappa shape index (κ1) is 97.0. The number of unbranched alkanes of at least 4 members (excludes halogenated alkanes) is 36. The first-order chi connectivity index (χ1) is 49.4. The molecule has 1 atom stereocenters. The maximum Gasteiger partial charge on any atom is 0.321 e. The molecule has 102 heavy (non-hydrogen) atoms. The number of hydrogen-bond acceptors (Lipinski definition) is 20. The van der Waals surface area contributed by atoms with Crippen molar-refractivity contribution >= 4 is 53.7 Å². The lowest BCUT2D eigenvalue weighted by molar-refractivity contribution is -0.162. The van der Waals surface area contributed by atoms with Crippen LogP contribution in [0.1, 0.15) is 297 Å². The van der Waals surface area contributed by atoms with Crippen LogP contribution in [0.2, 0.25) is 0 Å². The van der Waals surface area contributed by atoms with Crippen LogP contribution in [0.3, 0.4) is 0 Å². The van der Waals surface area contributed by atoms with Crippen molar-refractivity contribution in [2.75, 3.05) is 132 Å². The molecule has 0 bridgehead atoms. The maximum atomic E-state index is 13.4. The summed E-state index contributed by atoms with van der Waals surface area (Å²) in [6.45, 7) is 3.62. The Morgan fingerprint density at radius 3 is 0.863 bits per heavy atom. The molecular formula is C77H142N4O21. The van der Waals surface area contributed by atoms with E-state index in [-0.39, 0.29) is 136 Å². The molecule has 0 fully saturated rings. The number of nitrogens with zero attached hydrogens (tertiary/aromatic N) is 3. The Morgan fingerprint density at radius 1 is 0.324 bits per heavy atom. The Morgan fingerprint density at radius 2 is 0.588 bits per heavy atom. The van der Waals surface area contributed by atoms with Crippen molar-refractivity contribution in [1.82, 2.24) is 20.0 Å². The van der Waals surface area contributed by atoms with Crippen LogP contribution in [0.15, 0.2) is 0 Å². The highest BCUT2D eigenvalue weighted by molar-refractivity contribution is 5.81. The van der Waals surface area contributed by atoms with Gasteiger partial charge in [0.1, 0.15) is 32.5 Å². The van der Waals surface area contributed by atoms with Crippen LogP contribution in [-0.4, -0.2) is 232 Å². The Kier molecular flexibility index (Phi) is 66.8. The molecular weight excluding hydrogens is 1320 g/mol. The maximum absolute atomic E-state index is 13.4. The van der Waals surface area contributed by atoms with E-state index >= 15 is 0 Å². The van der Waals surface area contributed by atoms with Crippen molar-refractivity contribution in [2.45, 2.75) is 303 Å². The van der Waals surface area contributed by atoms with E-state index < -0.39 is 79.9 Å². The van der Waals surface area contributed by atoms with E-state index in [9.17, 15) is 68.7 Å². The number of hydrogen-bond donors (Lipinski definition) is 6. The van der Waals surface area contributed by atoms with E-state index in [2.05, 4.69) is 26.1 Å². The van der Waals surface area contributed by atoms with Gasteiger partial charge in [-0.25, -0.2) is 0 Å². The van der Waals surface area contributed by atoms with Crippen LogP contribution in [0.25, 0.3) is 0 Å². The Hall–Kier alpha value is -5.05. The number of nitrogens with one attached hydrogen (secondary N) is 1. The zero-order valence-electron chi connectivity index (χ0n) is 63.7. The molecule has 0 heterocycles. The van der Waals surface area contributed by atoms with Crippen molar-refractivity contribution in [2.24, 2.45) is 5.41 Å². The molecule has 0 aliphatic rings. The zero-order chi connectivity index (χ0) is 75.2. The molecule has 0 aromatic carbocycles. The molecule has 0 spiro atoms. The molecule has 0 saturated heterocycles. The standard InChI is InChI=1S/C77H142N4O21/c1-4-7-10-13-16-19-22-25-28-31-34-37-40-43-72(90)100-64-77(65-101-73(91)44-41-38-35-32-29-26-23-20-17-14-11-8-5-2,66-102-74(92)45-42-39-36-33-30-27-24-21-18-15-12-9-6-3)63-78-46-51-96-52-53-97-54-55-98-56-57-99-75(93)58-67(76(94)95)81(49-47-79(59-68(82)83)60-69(84)85)50-48-80(61-70(86)87)62-71(88)89/h67,78H,4-66H2,1-3H3,(H,82,83)(H,84,85)(H,86,87)(H,88,89)(H,94,95). The normalized spacial score (nSPS) is 11.9. The second-order valence-corrected chi connectivity index (χ2v) is 27.8. The molecule has 0 radical (unpaired) electrons. The van der Waals surface area contributed by atoms with E-state index in [1.54, 1.807) is 0 Å². The van der Waals surface area contributed by atoms with Gasteiger partial charge in [-0.15, -0.1) is 0 Å². The number of carboxylic acid groups (broad SMARTS) is 5. The highest BCUT2D eigenvalue weighted by atomic mass is 16.6. The Bertz CT molecular complexity index is 1920. The first-order valence-electron chi connectivity index (χ1n) is 39.7. The summed E-state index contributed by atoms with van der Waals surface area (Å²) in [6, 6.07) is -1.61. The summed E-state index contributed by atoms with van der Waals surface area (Å²) in [4.78, 5) is 115. The fourth-order valence-corrected chi connectivity index (χ4v) is 12.1. The highest BCUT2D eigenvalue weighted by Crippen LogP contribution is 2.23. The molecule has 0 aliphatic heterocycles. The summed E-state index contributed by atoms with van der Waals surface area (Å²) in [6.07, 6.45) is 46.4. The molecule has 25 nitrogen and oxygen atoms in total. The molecule has 25 heteroatoms. The molecule has 1 unspecified atom stereocenters. The molecule has 6 N–H and O–H groups in total. The molecule has 0 amide bonds. The number of carbonyl (C=O) groups is 9. The number of esters is 4. The van der Waals surface area contributed by atoms with Gasteiger partial charge in [0, 0.05) is 58.5 Å². The minimum absolute atomic E-state index is 0.0745. The summed E-state index contributed by atoms with van der Waals surface area (Å²) < 4.78 is 40.2. The van der Waals surface area contributed by atoms with Gasteiger partial charge >= 0.3 is 53.7 Å². The fraction of sp³-hybridized carbons (Fsp3) is 0.883. The summed E-state index contributed by atoms with van der Waals surface area (Å²) in [5.41, 5.74) is -1.08. The van der Waals surface area contributed by atoms with E-state index in [0.717, 1.165) is 67.6 Å². The van der Waals surface area contributed by atoms with E-state index in [0.29, 0.717) is 25.8 Å². The summed E-state index contributed by atoms with van der Waals surface area (Å²) in [5.74, 6) is -8.86. The predicted molar refractivity (Wildman–Crippen MR) is 394 cm³/mol. The van der Waals surface area contributed by atoms with Gasteiger partial charge in [-0.3, -0.25) is 57.9 Å². The zero-order valence-corrected chi connectivity index (χ0v) is 63.7. The summed E-state index contributed by atoms with van der Waals surface area (Å²) in [7, 11) is 0. The van der Waals surface area contributed by atoms with Gasteiger partial charge in [0.15, 0.2) is 0 Å². The monoisotopic (exact) mass is 1460 g/mol. The lowest BCUT2D eigenvalue weighted by atomic mass is 9.90. The summed E-state index contributed by atoms with van der Waals surface area (Å²) in [5, 5.41) is 50.8. The largest absolute Gasteiger partial charge is 0.480 e. The molecule has 0 saturated carbocycles. The van der Waals surface area contributed by atoms with Gasteiger partial charge in [-0.05, 0) is 19.3 Å². The van der Waals surface area contributed by atoms with Gasteiger partial charge in [0.2, 0.25) is 0 Å². The first-order valence-corrected chi connectivity index (χ1v) is 39.7. The van der Waals surface area contributed by atoms with Crippen molar-refractivity contribution in [3.63, 3.8) is 0 Å². The molecule has 0 rings (SSSR count). The van der Waals surface area contributed by atoms with Gasteiger partial charge < -0.3 is 64.0 Å². The van der Waals surface area contributed by atoms with Crippen LogP contribution in [0.4, 0.5) is 0 Å². The van der Waals surface area contributed by atoms with Crippen LogP contribution in [-0.2, 0) is 76.3 Å². The number of ether oxygens (including phenoxy) is 7. The van der Waals surface area contributed by atoms with Gasteiger partial charge in [0.25, 0.3) is 0 Å². The summed E-state index contributed by atoms with van der Waals surface area (Å²) >= 11 is 0. The number of aliphatic carboxylic acids is 5. The van der Waals surface area contributed by atoms with Crippen LogP contribution >= 0.6 is 0 Å². The highest BCUT2D eigenvalue weighted by Gasteiger charge is 2.36. The third-order valence-electron chi connectivity index (χ3n) is 18.2. The van der Waals surface area contributed by atoms with Crippen LogP contribution in [0, 0.1) is 5.41 Å². The van der Waals surface area contributed by atoms with E-state index in [1.165, 1.54) is 178 Å². The number of rotatable bonds is 80. The SMILES string of the molecule is CCCCCCCCCCCCCCCC(=O)OCC(CNCCOCCOCCOCCOC(=O)CC(C(=O)O)N(CCN(CC(=O)O)CC(=O)O)CCN(CC(=O)O)CC(=O)O)(COC(=O)CCCCCCCCCCCCCCC)COC(=O)CCCCCCCCCCCCCCC. The van der Waals surface area contributed by atoms with E-state index in [1.807, 2.05) is 0 Å². The van der Waals surface area contributed by atoms with Crippen molar-refractivity contribution in [3.05, 3.63) is 0 Å². The van der Waals surface area contributed by atoms with Crippen LogP contribution in [0.5, 0.6) is 0 Å². The minimum Gasteiger partial charge on any atom is -0.480 e. The third-order valence-corrected chi connectivity index (χ3v) is 18.2. The third kappa shape index (κ3) is 64.5. The van der Waals surface area contributed by atoms with Gasteiger partial charge in [-0.2, -0.15) is 0 Å². The van der Waals surface area contributed by atoms with Crippen molar-refractivity contribution < 1.29 is 102 Å². The predicted octanol–water partition coefficient (Wildman–Crippen LogP) is 13.3. The lowest BCUT2D eigenvalue weighted by Gasteiger charge is -2.32.